The van der Waals surface area contributed by atoms with E-state index < -0.39 is 0 Å². The first-order chi connectivity index (χ1) is 17.6. The first-order valence-electron chi connectivity index (χ1n) is 13.2. The van der Waals surface area contributed by atoms with E-state index in [1.807, 2.05) is 53.6 Å². The van der Waals surface area contributed by atoms with Gasteiger partial charge in [-0.3, -0.25) is 9.59 Å². The SMILES string of the molecule is NC(=O)C(N[C@H]1CC[C@H](C2=CNC3=CC=CNC32)CC1)C1CCN(C(=O)/C=C/c2ccccc2)CC1. The van der Waals surface area contributed by atoms with Gasteiger partial charge in [0.05, 0.1) is 12.1 Å². The summed E-state index contributed by atoms with van der Waals surface area (Å²) in [5.41, 5.74) is 9.53. The van der Waals surface area contributed by atoms with Crippen LogP contribution < -0.4 is 21.7 Å². The van der Waals surface area contributed by atoms with Crippen LogP contribution in [0, 0.1) is 11.8 Å². The lowest BCUT2D eigenvalue weighted by atomic mass is 9.78. The van der Waals surface area contributed by atoms with E-state index in [4.69, 9.17) is 5.73 Å². The van der Waals surface area contributed by atoms with Gasteiger partial charge >= 0.3 is 0 Å². The summed E-state index contributed by atoms with van der Waals surface area (Å²) in [5.74, 6) is 0.461. The molecule has 1 aromatic carbocycles. The molecule has 0 spiro atoms. The molecule has 2 unspecified atom stereocenters. The molecule has 0 radical (unpaired) electrons. The first kappa shape index (κ1) is 24.4. The number of nitrogens with one attached hydrogen (secondary N) is 3. The number of hydrogen-bond donors (Lipinski definition) is 4. The number of rotatable bonds is 7. The first-order valence-corrected chi connectivity index (χ1v) is 13.2. The van der Waals surface area contributed by atoms with Crippen molar-refractivity contribution in [1.82, 2.24) is 20.9 Å². The Morgan fingerprint density at radius 3 is 2.53 bits per heavy atom. The highest BCUT2D eigenvalue weighted by Crippen LogP contribution is 2.36. The molecule has 4 aliphatic rings. The molecule has 2 fully saturated rings. The van der Waals surface area contributed by atoms with Crippen molar-refractivity contribution in [1.29, 1.82) is 0 Å². The number of piperidine rings is 1. The fourth-order valence-corrected chi connectivity index (χ4v) is 6.09. The third kappa shape index (κ3) is 5.57. The summed E-state index contributed by atoms with van der Waals surface area (Å²) in [7, 11) is 0. The van der Waals surface area contributed by atoms with Crippen molar-refractivity contribution in [3.8, 4) is 0 Å². The average molecular weight is 488 g/mol. The van der Waals surface area contributed by atoms with Crippen LogP contribution in [0.1, 0.15) is 44.1 Å². The molecule has 3 heterocycles. The molecule has 7 heteroatoms. The predicted molar refractivity (Wildman–Crippen MR) is 142 cm³/mol. The van der Waals surface area contributed by atoms with E-state index in [2.05, 4.69) is 28.2 Å². The molecule has 5 N–H and O–H groups in total. The van der Waals surface area contributed by atoms with Crippen LogP contribution in [0.25, 0.3) is 6.08 Å². The van der Waals surface area contributed by atoms with Crippen molar-refractivity contribution in [2.75, 3.05) is 13.1 Å². The minimum Gasteiger partial charge on any atom is -0.379 e. The van der Waals surface area contributed by atoms with E-state index in [1.165, 1.54) is 11.3 Å². The molecule has 0 aromatic heterocycles. The zero-order valence-electron chi connectivity index (χ0n) is 20.7. The van der Waals surface area contributed by atoms with Gasteiger partial charge in [-0.2, -0.15) is 0 Å². The molecular weight excluding hydrogens is 450 g/mol. The fraction of sp³-hybridized carbons (Fsp3) is 0.448. The molecule has 1 aliphatic carbocycles. The van der Waals surface area contributed by atoms with Crippen molar-refractivity contribution < 1.29 is 9.59 Å². The Kier molecular flexibility index (Phi) is 7.56. The van der Waals surface area contributed by atoms with E-state index in [0.29, 0.717) is 25.0 Å². The van der Waals surface area contributed by atoms with Crippen LogP contribution in [0.4, 0.5) is 0 Å². The maximum absolute atomic E-state index is 12.6. The Labute approximate surface area is 213 Å². The highest BCUT2D eigenvalue weighted by atomic mass is 16.2. The summed E-state index contributed by atoms with van der Waals surface area (Å²) in [6, 6.07) is 10.1. The van der Waals surface area contributed by atoms with E-state index in [0.717, 1.165) is 44.1 Å². The lowest BCUT2D eigenvalue weighted by Gasteiger charge is -2.38. The number of carbonyl (C=O) groups is 2. The summed E-state index contributed by atoms with van der Waals surface area (Å²) in [5, 5.41) is 10.5. The molecule has 3 aliphatic heterocycles. The van der Waals surface area contributed by atoms with Crippen LogP contribution in [0.3, 0.4) is 0 Å². The number of nitrogens with zero attached hydrogens (tertiary/aromatic N) is 1. The zero-order valence-corrected chi connectivity index (χ0v) is 20.7. The Bertz CT molecular complexity index is 1060. The molecule has 0 bridgehead atoms. The molecule has 7 nitrogen and oxygen atoms in total. The van der Waals surface area contributed by atoms with Gasteiger partial charge in [0.2, 0.25) is 11.8 Å². The molecule has 5 rings (SSSR count). The smallest absolute Gasteiger partial charge is 0.246 e. The molecule has 1 saturated heterocycles. The maximum Gasteiger partial charge on any atom is 0.246 e. The van der Waals surface area contributed by atoms with Crippen molar-refractivity contribution in [2.24, 2.45) is 17.6 Å². The van der Waals surface area contributed by atoms with E-state index in [9.17, 15) is 9.59 Å². The van der Waals surface area contributed by atoms with Crippen molar-refractivity contribution in [3.05, 3.63) is 77.8 Å². The number of primary amides is 1. The van der Waals surface area contributed by atoms with Gasteiger partial charge in [0, 0.05) is 37.1 Å². The summed E-state index contributed by atoms with van der Waals surface area (Å²) in [6.07, 6.45) is 17.7. The average Bonchev–Trinajstić information content (AvgIpc) is 3.35. The summed E-state index contributed by atoms with van der Waals surface area (Å²) in [4.78, 5) is 26.9. The number of likely N-dealkylation sites (tertiary alicyclic amines) is 1. The highest BCUT2D eigenvalue weighted by molar-refractivity contribution is 5.91. The lowest BCUT2D eigenvalue weighted by molar-refractivity contribution is -0.128. The van der Waals surface area contributed by atoms with E-state index in [-0.39, 0.29) is 29.8 Å². The lowest BCUT2D eigenvalue weighted by Crippen LogP contribution is -2.54. The zero-order chi connectivity index (χ0) is 24.9. The monoisotopic (exact) mass is 487 g/mol. The number of allylic oxidation sites excluding steroid dienone is 2. The number of benzene rings is 1. The number of hydrogen-bond acceptors (Lipinski definition) is 5. The summed E-state index contributed by atoms with van der Waals surface area (Å²) >= 11 is 0. The molecule has 190 valence electrons. The van der Waals surface area contributed by atoms with Gasteiger partial charge in [0.25, 0.3) is 0 Å². The van der Waals surface area contributed by atoms with Gasteiger partial charge in [0.15, 0.2) is 0 Å². The third-order valence-corrected chi connectivity index (χ3v) is 8.15. The minimum atomic E-state index is -0.337. The van der Waals surface area contributed by atoms with Crippen molar-refractivity contribution in [3.63, 3.8) is 0 Å². The Balaban J connectivity index is 1.10. The number of nitrogens with two attached hydrogens (primary N) is 1. The Hall–Kier alpha value is -3.32. The number of amides is 2. The van der Waals surface area contributed by atoms with Crippen LogP contribution in [0.15, 0.2) is 72.2 Å². The maximum atomic E-state index is 12.6. The fourth-order valence-electron chi connectivity index (χ4n) is 6.09. The molecule has 2 amide bonds. The van der Waals surface area contributed by atoms with Crippen LogP contribution in [0.5, 0.6) is 0 Å². The topological polar surface area (TPSA) is 99.5 Å². The summed E-state index contributed by atoms with van der Waals surface area (Å²) < 4.78 is 0. The second-order valence-electron chi connectivity index (χ2n) is 10.4. The van der Waals surface area contributed by atoms with Gasteiger partial charge in [-0.1, -0.05) is 30.3 Å². The van der Waals surface area contributed by atoms with E-state index >= 15 is 0 Å². The minimum absolute atomic E-state index is 0.0239. The molecule has 1 saturated carbocycles. The second kappa shape index (κ2) is 11.2. The number of dihydropyridines is 1. The predicted octanol–water partition coefficient (Wildman–Crippen LogP) is 2.80. The van der Waals surface area contributed by atoms with Gasteiger partial charge < -0.3 is 26.6 Å². The Morgan fingerprint density at radius 2 is 1.81 bits per heavy atom. The van der Waals surface area contributed by atoms with Crippen molar-refractivity contribution >= 4 is 17.9 Å². The van der Waals surface area contributed by atoms with Gasteiger partial charge in [-0.05, 0) is 85.9 Å². The van der Waals surface area contributed by atoms with Crippen molar-refractivity contribution in [2.45, 2.75) is 56.7 Å². The molecule has 2 atom stereocenters. The number of carbonyl (C=O) groups excluding carboxylic acids is 2. The standard InChI is InChI=1S/C29H37N5O2/c30-29(36)27(22-14-17-34(18-15-22)26(35)13-8-20-5-2-1-3-6-20)33-23-11-9-21(10-12-23)24-19-32-25-7-4-16-31-28(24)25/h1-8,13,16,19,21-23,27-28,31-33H,9-12,14-15,17-18H2,(H2,30,36)/b13-8+/t21-,23-,27?,28?. The normalized spacial score (nSPS) is 27.0. The van der Waals surface area contributed by atoms with Gasteiger partial charge in [-0.25, -0.2) is 0 Å². The highest BCUT2D eigenvalue weighted by Gasteiger charge is 2.36. The van der Waals surface area contributed by atoms with Gasteiger partial charge in [-0.15, -0.1) is 0 Å². The molecule has 36 heavy (non-hydrogen) atoms. The summed E-state index contributed by atoms with van der Waals surface area (Å²) in [6.45, 7) is 1.31. The number of fused-ring (bicyclic) bond motifs is 1. The van der Waals surface area contributed by atoms with Crippen LogP contribution in [-0.2, 0) is 9.59 Å². The molecule has 1 aromatic rings. The largest absolute Gasteiger partial charge is 0.379 e. The Morgan fingerprint density at radius 1 is 1.06 bits per heavy atom. The third-order valence-electron chi connectivity index (χ3n) is 8.15. The quantitative estimate of drug-likeness (QED) is 0.443. The van der Waals surface area contributed by atoms with Crippen LogP contribution >= 0.6 is 0 Å². The van der Waals surface area contributed by atoms with Crippen LogP contribution in [-0.4, -0.2) is 47.9 Å². The van der Waals surface area contributed by atoms with E-state index in [1.54, 1.807) is 6.08 Å². The van der Waals surface area contributed by atoms with Crippen LogP contribution in [0.2, 0.25) is 0 Å². The van der Waals surface area contributed by atoms with Gasteiger partial charge in [0.1, 0.15) is 0 Å². The second-order valence-corrected chi connectivity index (χ2v) is 10.4. The molecular formula is C29H37N5O2.